The number of non-ortho nitro benzene ring substituents is 1. The van der Waals surface area contributed by atoms with Gasteiger partial charge in [0.1, 0.15) is 11.5 Å². The molecule has 0 spiro atoms. The summed E-state index contributed by atoms with van der Waals surface area (Å²) in [6.07, 6.45) is 3.00. The van der Waals surface area contributed by atoms with Crippen LogP contribution < -0.4 is 19.8 Å². The summed E-state index contributed by atoms with van der Waals surface area (Å²) in [5, 5.41) is 15.4. The van der Waals surface area contributed by atoms with Crippen molar-refractivity contribution in [3.8, 4) is 11.5 Å². The summed E-state index contributed by atoms with van der Waals surface area (Å²) >= 11 is 0. The number of methoxy groups -OCH3 is 1. The second-order valence-electron chi connectivity index (χ2n) is 8.55. The average Bonchev–Trinajstić information content (AvgIpc) is 2.92. The molecule has 1 heterocycles. The van der Waals surface area contributed by atoms with E-state index in [1.54, 1.807) is 37.4 Å². The van der Waals surface area contributed by atoms with Crippen LogP contribution in [0.2, 0.25) is 0 Å². The summed E-state index contributed by atoms with van der Waals surface area (Å²) < 4.78 is 10.5. The van der Waals surface area contributed by atoms with Crippen LogP contribution in [0, 0.1) is 16.0 Å². The van der Waals surface area contributed by atoms with E-state index in [0.29, 0.717) is 43.2 Å². The highest BCUT2D eigenvalue weighted by Gasteiger charge is 2.29. The summed E-state index contributed by atoms with van der Waals surface area (Å²) in [7, 11) is 1.56. The molecular formula is C26H33N5O6. The van der Waals surface area contributed by atoms with Gasteiger partial charge >= 0.3 is 0 Å². The van der Waals surface area contributed by atoms with Crippen LogP contribution in [0.5, 0.6) is 11.5 Å². The molecule has 37 heavy (non-hydrogen) atoms. The Hall–Kier alpha value is -4.15. The summed E-state index contributed by atoms with van der Waals surface area (Å²) in [5.74, 6) is 0.660. The number of benzene rings is 2. The van der Waals surface area contributed by atoms with Gasteiger partial charge in [-0.3, -0.25) is 19.7 Å². The van der Waals surface area contributed by atoms with Crippen LogP contribution in [0.25, 0.3) is 0 Å². The molecule has 1 atom stereocenters. The van der Waals surface area contributed by atoms with E-state index >= 15 is 0 Å². The van der Waals surface area contributed by atoms with Gasteiger partial charge in [0.15, 0.2) is 6.61 Å². The van der Waals surface area contributed by atoms with Gasteiger partial charge in [0, 0.05) is 49.6 Å². The molecule has 0 bridgehead atoms. The summed E-state index contributed by atoms with van der Waals surface area (Å²) in [4.78, 5) is 39.9. The van der Waals surface area contributed by atoms with Gasteiger partial charge in [-0.1, -0.05) is 0 Å². The van der Waals surface area contributed by atoms with Gasteiger partial charge in [0.25, 0.3) is 11.6 Å². The van der Waals surface area contributed by atoms with Crippen LogP contribution in [0.1, 0.15) is 32.3 Å². The third-order valence-electron chi connectivity index (χ3n) is 6.23. The lowest BCUT2D eigenvalue weighted by Gasteiger charge is -2.36. The van der Waals surface area contributed by atoms with Gasteiger partial charge in [-0.25, -0.2) is 5.43 Å². The van der Waals surface area contributed by atoms with Crippen molar-refractivity contribution in [3.05, 3.63) is 58.1 Å². The number of anilines is 1. The first-order chi connectivity index (χ1) is 17.9. The minimum Gasteiger partial charge on any atom is -0.497 e. The zero-order valence-corrected chi connectivity index (χ0v) is 21.4. The number of hydrogen-bond donors (Lipinski definition) is 1. The largest absolute Gasteiger partial charge is 0.497 e. The smallest absolute Gasteiger partial charge is 0.277 e. The molecule has 1 aliphatic heterocycles. The maximum absolute atomic E-state index is 12.9. The molecule has 0 saturated carbocycles. The lowest BCUT2D eigenvalue weighted by molar-refractivity contribution is -0.384. The maximum Gasteiger partial charge on any atom is 0.277 e. The number of rotatable bonds is 11. The van der Waals surface area contributed by atoms with Crippen LogP contribution >= 0.6 is 0 Å². The molecule has 0 radical (unpaired) electrons. The minimum absolute atomic E-state index is 0.0906. The highest BCUT2D eigenvalue weighted by molar-refractivity contribution is 5.90. The molecule has 11 heteroatoms. The third-order valence-corrected chi connectivity index (χ3v) is 6.23. The quantitative estimate of drug-likeness (QED) is 0.279. The van der Waals surface area contributed by atoms with E-state index in [4.69, 9.17) is 9.47 Å². The number of hydrazone groups is 1. The SMILES string of the molecule is CCN(CC)C(=O)[C@@H]1CCCN(c2ccc([N+](=O)[O-])cc2/C=N\NC(=O)COc2ccc(OC)cc2)C1. The van der Waals surface area contributed by atoms with E-state index in [1.807, 2.05) is 18.7 Å². The van der Waals surface area contributed by atoms with E-state index < -0.39 is 10.8 Å². The van der Waals surface area contributed by atoms with Crippen LogP contribution in [0.15, 0.2) is 47.6 Å². The van der Waals surface area contributed by atoms with Gasteiger partial charge in [0.05, 0.1) is 24.2 Å². The van der Waals surface area contributed by atoms with Crippen LogP contribution in [0.4, 0.5) is 11.4 Å². The van der Waals surface area contributed by atoms with Crippen molar-refractivity contribution in [2.24, 2.45) is 11.0 Å². The number of piperidine rings is 1. The van der Waals surface area contributed by atoms with Gasteiger partial charge in [0.2, 0.25) is 5.91 Å². The van der Waals surface area contributed by atoms with E-state index in [1.165, 1.54) is 18.3 Å². The van der Waals surface area contributed by atoms with Crippen molar-refractivity contribution in [1.29, 1.82) is 0 Å². The third kappa shape index (κ3) is 7.42. The van der Waals surface area contributed by atoms with Crippen LogP contribution in [-0.4, -0.2) is 67.7 Å². The molecule has 1 saturated heterocycles. The maximum atomic E-state index is 12.9. The predicted octanol–water partition coefficient (Wildman–Crippen LogP) is 3.22. The number of nitrogens with one attached hydrogen (secondary N) is 1. The number of nitro groups is 1. The number of amides is 2. The Labute approximate surface area is 216 Å². The molecule has 2 aromatic carbocycles. The number of ether oxygens (including phenoxy) is 2. The van der Waals surface area contributed by atoms with Crippen molar-refractivity contribution >= 4 is 29.4 Å². The zero-order valence-electron chi connectivity index (χ0n) is 21.4. The normalized spacial score (nSPS) is 15.3. The topological polar surface area (TPSA) is 127 Å². The summed E-state index contributed by atoms with van der Waals surface area (Å²) in [5.41, 5.74) is 3.49. The molecule has 198 valence electrons. The number of carbonyl (C=O) groups is 2. The second kappa shape index (κ2) is 13.2. The molecule has 3 rings (SSSR count). The van der Waals surface area contributed by atoms with E-state index in [2.05, 4.69) is 15.4 Å². The molecular weight excluding hydrogens is 478 g/mol. The van der Waals surface area contributed by atoms with E-state index in [0.717, 1.165) is 18.5 Å². The number of nitrogens with zero attached hydrogens (tertiary/aromatic N) is 4. The van der Waals surface area contributed by atoms with E-state index in [9.17, 15) is 19.7 Å². The molecule has 1 fully saturated rings. The van der Waals surface area contributed by atoms with Gasteiger partial charge in [-0.15, -0.1) is 0 Å². The first kappa shape index (κ1) is 27.4. The average molecular weight is 512 g/mol. The van der Waals surface area contributed by atoms with Crippen molar-refractivity contribution in [3.63, 3.8) is 0 Å². The Morgan fingerprint density at radius 3 is 2.54 bits per heavy atom. The first-order valence-corrected chi connectivity index (χ1v) is 12.3. The van der Waals surface area contributed by atoms with Crippen molar-refractivity contribution < 1.29 is 24.0 Å². The number of hydrogen-bond acceptors (Lipinski definition) is 8. The molecule has 0 unspecified atom stereocenters. The second-order valence-corrected chi connectivity index (χ2v) is 8.55. The fourth-order valence-electron chi connectivity index (χ4n) is 4.26. The summed E-state index contributed by atoms with van der Waals surface area (Å²) in [6, 6.07) is 11.3. The molecule has 0 aromatic heterocycles. The number of carbonyl (C=O) groups excluding carboxylic acids is 2. The standard InChI is InChI=1S/C26H33N5O6/c1-4-29(5-2)26(33)19-7-6-14-30(17-19)24-13-8-21(31(34)35)15-20(24)16-27-28-25(32)18-37-23-11-9-22(36-3)10-12-23/h8-13,15-16,19H,4-7,14,17-18H2,1-3H3,(H,28,32)/b27-16-/t19-/m1/s1. The Morgan fingerprint density at radius 2 is 1.89 bits per heavy atom. The fraction of sp³-hybridized carbons (Fsp3) is 0.423. The molecule has 2 amide bonds. The number of nitro benzene ring substituents is 1. The van der Waals surface area contributed by atoms with Crippen LogP contribution in [-0.2, 0) is 9.59 Å². The molecule has 1 N–H and O–H groups in total. The Kier molecular flexibility index (Phi) is 9.82. The molecule has 2 aromatic rings. The molecule has 1 aliphatic rings. The van der Waals surface area contributed by atoms with E-state index in [-0.39, 0.29) is 24.1 Å². The Balaban J connectivity index is 1.69. The lowest BCUT2D eigenvalue weighted by Crippen LogP contribution is -2.45. The van der Waals surface area contributed by atoms with Gasteiger partial charge in [-0.05, 0) is 57.0 Å². The Bertz CT molecular complexity index is 1120. The van der Waals surface area contributed by atoms with Crippen molar-refractivity contribution in [2.45, 2.75) is 26.7 Å². The first-order valence-electron chi connectivity index (χ1n) is 12.3. The molecule has 11 nitrogen and oxygen atoms in total. The Morgan fingerprint density at radius 1 is 1.19 bits per heavy atom. The lowest BCUT2D eigenvalue weighted by atomic mass is 9.95. The minimum atomic E-state index is -0.484. The van der Waals surface area contributed by atoms with Crippen LogP contribution in [0.3, 0.4) is 0 Å². The van der Waals surface area contributed by atoms with Gasteiger partial charge < -0.3 is 19.3 Å². The van der Waals surface area contributed by atoms with Crippen molar-refractivity contribution in [1.82, 2.24) is 10.3 Å². The van der Waals surface area contributed by atoms with Gasteiger partial charge in [-0.2, -0.15) is 5.10 Å². The zero-order chi connectivity index (χ0) is 26.8. The highest BCUT2D eigenvalue weighted by Crippen LogP contribution is 2.29. The summed E-state index contributed by atoms with van der Waals surface area (Å²) in [6.45, 7) is 6.20. The molecule has 0 aliphatic carbocycles. The van der Waals surface area contributed by atoms with Crippen molar-refractivity contribution in [2.75, 3.05) is 44.8 Å². The predicted molar refractivity (Wildman–Crippen MR) is 140 cm³/mol. The monoisotopic (exact) mass is 511 g/mol. The fourth-order valence-corrected chi connectivity index (χ4v) is 4.26. The highest BCUT2D eigenvalue weighted by atomic mass is 16.6.